The first-order chi connectivity index (χ1) is 10.8. The Morgan fingerprint density at radius 1 is 1.17 bits per heavy atom. The van der Waals surface area contributed by atoms with Gasteiger partial charge in [0.15, 0.2) is 11.6 Å². The lowest BCUT2D eigenvalue weighted by atomic mass is 10.1. The van der Waals surface area contributed by atoms with E-state index in [1.165, 1.54) is 31.4 Å². The van der Waals surface area contributed by atoms with Gasteiger partial charge in [-0.3, -0.25) is 9.52 Å². The van der Waals surface area contributed by atoms with E-state index in [2.05, 4.69) is 10.0 Å². The lowest BCUT2D eigenvalue weighted by Crippen LogP contribution is -2.17. The van der Waals surface area contributed by atoms with Crippen LogP contribution in [0.15, 0.2) is 42.5 Å². The number of ether oxygens (including phenoxy) is 1. The van der Waals surface area contributed by atoms with Gasteiger partial charge in [0.25, 0.3) is 5.91 Å². The molecule has 0 fully saturated rings. The summed E-state index contributed by atoms with van der Waals surface area (Å²) in [4.78, 5) is 12.3. The largest absolute Gasteiger partial charge is 0.494 e. The van der Waals surface area contributed by atoms with E-state index < -0.39 is 21.7 Å². The van der Waals surface area contributed by atoms with Crippen LogP contribution in [0.5, 0.6) is 5.75 Å². The second-order valence-electron chi connectivity index (χ2n) is 4.72. The van der Waals surface area contributed by atoms with Crippen molar-refractivity contribution in [3.05, 3.63) is 53.8 Å². The quantitative estimate of drug-likeness (QED) is 0.877. The molecular weight excluding hydrogens is 323 g/mol. The van der Waals surface area contributed by atoms with Crippen LogP contribution in [0.3, 0.4) is 0 Å². The molecule has 0 aliphatic heterocycles. The smallest absolute Gasteiger partial charge is 0.257 e. The topological polar surface area (TPSA) is 84.5 Å². The summed E-state index contributed by atoms with van der Waals surface area (Å²) in [6.07, 6.45) is 0.987. The minimum Gasteiger partial charge on any atom is -0.494 e. The van der Waals surface area contributed by atoms with E-state index in [-0.39, 0.29) is 22.7 Å². The molecule has 0 bridgehead atoms. The second-order valence-corrected chi connectivity index (χ2v) is 6.47. The average Bonchev–Trinajstić information content (AvgIpc) is 2.46. The minimum atomic E-state index is -3.53. The van der Waals surface area contributed by atoms with E-state index in [1.807, 2.05) is 0 Å². The number of halogens is 1. The maximum Gasteiger partial charge on any atom is 0.257 e. The molecule has 23 heavy (non-hydrogen) atoms. The number of para-hydroxylation sites is 1. The fourth-order valence-corrected chi connectivity index (χ4v) is 2.49. The molecular formula is C15H15FN2O4S. The monoisotopic (exact) mass is 338 g/mol. The Hall–Kier alpha value is -2.61. The van der Waals surface area contributed by atoms with E-state index in [4.69, 9.17) is 4.74 Å². The Morgan fingerprint density at radius 2 is 1.87 bits per heavy atom. The summed E-state index contributed by atoms with van der Waals surface area (Å²) in [5, 5.41) is 2.51. The number of methoxy groups -OCH3 is 1. The summed E-state index contributed by atoms with van der Waals surface area (Å²) < 4.78 is 43.4. The molecule has 0 aliphatic carbocycles. The van der Waals surface area contributed by atoms with E-state index in [1.54, 1.807) is 12.1 Å². The summed E-state index contributed by atoms with van der Waals surface area (Å²) in [5.41, 5.74) is 0.484. The maximum absolute atomic E-state index is 13.6. The molecule has 0 atom stereocenters. The number of rotatable bonds is 5. The van der Waals surface area contributed by atoms with Gasteiger partial charge in [0.1, 0.15) is 0 Å². The number of carbonyl (C=O) groups excluding carboxylic acids is 1. The van der Waals surface area contributed by atoms with Gasteiger partial charge in [-0.25, -0.2) is 12.8 Å². The second kappa shape index (κ2) is 6.66. The zero-order valence-corrected chi connectivity index (χ0v) is 13.3. The van der Waals surface area contributed by atoms with E-state index in [9.17, 15) is 17.6 Å². The van der Waals surface area contributed by atoms with Crippen molar-refractivity contribution in [3.8, 4) is 5.75 Å². The predicted octanol–water partition coefficient (Wildman–Crippen LogP) is 2.46. The number of hydrogen-bond acceptors (Lipinski definition) is 4. The van der Waals surface area contributed by atoms with Crippen molar-refractivity contribution >= 4 is 27.3 Å². The van der Waals surface area contributed by atoms with E-state index >= 15 is 0 Å². The van der Waals surface area contributed by atoms with Crippen LogP contribution in [0.25, 0.3) is 0 Å². The maximum atomic E-state index is 13.6. The molecule has 2 N–H and O–H groups in total. The molecule has 6 nitrogen and oxygen atoms in total. The Morgan fingerprint density at radius 3 is 2.48 bits per heavy atom. The lowest BCUT2D eigenvalue weighted by Gasteiger charge is -2.11. The van der Waals surface area contributed by atoms with Crippen molar-refractivity contribution in [2.75, 3.05) is 23.4 Å². The van der Waals surface area contributed by atoms with Crippen molar-refractivity contribution in [3.63, 3.8) is 0 Å². The van der Waals surface area contributed by atoms with Crippen molar-refractivity contribution in [1.82, 2.24) is 0 Å². The minimum absolute atomic E-state index is 0.0575. The van der Waals surface area contributed by atoms with Gasteiger partial charge >= 0.3 is 0 Å². The number of carbonyl (C=O) groups is 1. The van der Waals surface area contributed by atoms with Crippen LogP contribution < -0.4 is 14.8 Å². The first-order valence-electron chi connectivity index (χ1n) is 6.52. The van der Waals surface area contributed by atoms with Gasteiger partial charge in [-0.15, -0.1) is 0 Å². The standard InChI is InChI=1S/C15H15FN2O4S/c1-22-14-8-7-10(9-12(14)16)17-15(19)11-5-3-4-6-13(11)18-23(2,20)21/h3-9,18H,1-2H3,(H,17,19). The van der Waals surface area contributed by atoms with Gasteiger partial charge in [0, 0.05) is 11.8 Å². The molecule has 2 rings (SSSR count). The fourth-order valence-electron chi connectivity index (χ4n) is 1.91. The Labute approximate surface area is 133 Å². The SMILES string of the molecule is COc1ccc(NC(=O)c2ccccc2NS(C)(=O)=O)cc1F. The molecule has 0 unspecified atom stereocenters. The van der Waals surface area contributed by atoms with Crippen molar-refractivity contribution in [2.45, 2.75) is 0 Å². The van der Waals surface area contributed by atoms with Crippen LogP contribution in [0, 0.1) is 5.82 Å². The number of hydrogen-bond donors (Lipinski definition) is 2. The van der Waals surface area contributed by atoms with Crippen LogP contribution >= 0.6 is 0 Å². The highest BCUT2D eigenvalue weighted by molar-refractivity contribution is 7.92. The van der Waals surface area contributed by atoms with Crippen LogP contribution in [0.1, 0.15) is 10.4 Å². The van der Waals surface area contributed by atoms with Gasteiger partial charge < -0.3 is 10.1 Å². The molecule has 0 radical (unpaired) electrons. The molecule has 0 spiro atoms. The third kappa shape index (κ3) is 4.43. The molecule has 0 aliphatic rings. The highest BCUT2D eigenvalue weighted by atomic mass is 32.2. The third-order valence-electron chi connectivity index (χ3n) is 2.88. The first-order valence-corrected chi connectivity index (χ1v) is 8.41. The fraction of sp³-hybridized carbons (Fsp3) is 0.133. The summed E-state index contributed by atoms with van der Waals surface area (Å²) in [6.45, 7) is 0. The predicted molar refractivity (Wildman–Crippen MR) is 85.8 cm³/mol. The van der Waals surface area contributed by atoms with Gasteiger partial charge in [0.05, 0.1) is 24.6 Å². The number of nitrogens with one attached hydrogen (secondary N) is 2. The molecule has 0 heterocycles. The first kappa shape index (κ1) is 16.8. The highest BCUT2D eigenvalue weighted by Crippen LogP contribution is 2.22. The number of amides is 1. The molecule has 2 aromatic rings. The molecule has 8 heteroatoms. The van der Waals surface area contributed by atoms with Gasteiger partial charge in [0.2, 0.25) is 10.0 Å². The van der Waals surface area contributed by atoms with Gasteiger partial charge in [-0.1, -0.05) is 12.1 Å². The summed E-state index contributed by atoms with van der Waals surface area (Å²) in [6, 6.07) is 10.1. The lowest BCUT2D eigenvalue weighted by molar-refractivity contribution is 0.102. The normalized spacial score (nSPS) is 10.9. The highest BCUT2D eigenvalue weighted by Gasteiger charge is 2.14. The zero-order valence-electron chi connectivity index (χ0n) is 12.5. The van der Waals surface area contributed by atoms with Crippen LogP contribution in [0.4, 0.5) is 15.8 Å². The van der Waals surface area contributed by atoms with E-state index in [0.29, 0.717) is 0 Å². The average molecular weight is 338 g/mol. The summed E-state index contributed by atoms with van der Waals surface area (Å²) in [5.74, 6) is -1.13. The molecule has 0 saturated carbocycles. The van der Waals surface area contributed by atoms with Crippen LogP contribution in [0.2, 0.25) is 0 Å². The summed E-state index contributed by atoms with van der Waals surface area (Å²) in [7, 11) is -2.19. The number of anilines is 2. The number of sulfonamides is 1. The van der Waals surface area contributed by atoms with Gasteiger partial charge in [-0.05, 0) is 24.3 Å². The van der Waals surface area contributed by atoms with Crippen molar-refractivity contribution < 1.29 is 22.3 Å². The third-order valence-corrected chi connectivity index (χ3v) is 3.47. The Balaban J connectivity index is 2.26. The zero-order chi connectivity index (χ0) is 17.0. The molecule has 0 saturated heterocycles. The number of benzene rings is 2. The molecule has 2 aromatic carbocycles. The molecule has 122 valence electrons. The summed E-state index contributed by atoms with van der Waals surface area (Å²) >= 11 is 0. The van der Waals surface area contributed by atoms with Crippen molar-refractivity contribution in [1.29, 1.82) is 0 Å². The Bertz CT molecular complexity index is 837. The van der Waals surface area contributed by atoms with E-state index in [0.717, 1.165) is 12.3 Å². The van der Waals surface area contributed by atoms with Crippen LogP contribution in [-0.2, 0) is 10.0 Å². The van der Waals surface area contributed by atoms with Crippen LogP contribution in [-0.4, -0.2) is 27.7 Å². The molecule has 1 amide bonds. The van der Waals surface area contributed by atoms with Gasteiger partial charge in [-0.2, -0.15) is 0 Å². The Kier molecular flexibility index (Phi) is 4.85. The molecule has 0 aromatic heterocycles. The van der Waals surface area contributed by atoms with Crippen molar-refractivity contribution in [2.24, 2.45) is 0 Å².